The molecule has 0 N–H and O–H groups in total. The number of ether oxygens (including phenoxy) is 2. The standard InChI is InChI=1S/C18H26BrNO3/c1-13-11-15(5-6-16(13)19)22-12-14-7-9-20(10-8-14)17(21)23-18(2,3)4/h5-6,11,14H,7-10,12H2,1-4H3. The van der Waals surface area contributed by atoms with E-state index in [2.05, 4.69) is 22.9 Å². The number of benzene rings is 1. The van der Waals surface area contributed by atoms with Gasteiger partial charge in [0.1, 0.15) is 11.4 Å². The fourth-order valence-electron chi connectivity index (χ4n) is 2.53. The molecule has 0 aliphatic carbocycles. The Balaban J connectivity index is 1.76. The summed E-state index contributed by atoms with van der Waals surface area (Å²) in [5.74, 6) is 1.39. The van der Waals surface area contributed by atoms with E-state index in [1.807, 2.05) is 39.0 Å². The van der Waals surface area contributed by atoms with Crippen molar-refractivity contribution in [1.82, 2.24) is 4.90 Å². The highest BCUT2D eigenvalue weighted by molar-refractivity contribution is 9.10. The highest BCUT2D eigenvalue weighted by Crippen LogP contribution is 2.24. The van der Waals surface area contributed by atoms with Crippen molar-refractivity contribution in [1.29, 1.82) is 0 Å². The van der Waals surface area contributed by atoms with Gasteiger partial charge in [0.15, 0.2) is 0 Å². The number of hydrogen-bond donors (Lipinski definition) is 0. The van der Waals surface area contributed by atoms with Crippen LogP contribution in [0, 0.1) is 12.8 Å². The SMILES string of the molecule is Cc1cc(OCC2CCN(C(=O)OC(C)(C)C)CC2)ccc1Br. The summed E-state index contributed by atoms with van der Waals surface area (Å²) < 4.78 is 12.4. The Labute approximate surface area is 147 Å². The zero-order valence-electron chi connectivity index (χ0n) is 14.4. The summed E-state index contributed by atoms with van der Waals surface area (Å²) in [5.41, 5.74) is 0.735. The molecule has 1 saturated heterocycles. The molecule has 0 aromatic heterocycles. The van der Waals surface area contributed by atoms with Crippen LogP contribution < -0.4 is 4.74 Å². The lowest BCUT2D eigenvalue weighted by Crippen LogP contribution is -2.42. The van der Waals surface area contributed by atoms with Gasteiger partial charge in [-0.15, -0.1) is 0 Å². The number of carbonyl (C=O) groups is 1. The number of aryl methyl sites for hydroxylation is 1. The van der Waals surface area contributed by atoms with Gasteiger partial charge in [0.2, 0.25) is 0 Å². The summed E-state index contributed by atoms with van der Waals surface area (Å²) >= 11 is 3.49. The van der Waals surface area contributed by atoms with Gasteiger partial charge in [0, 0.05) is 17.6 Å². The first-order valence-electron chi connectivity index (χ1n) is 8.11. The molecule has 5 heteroatoms. The maximum atomic E-state index is 12.0. The zero-order valence-corrected chi connectivity index (χ0v) is 16.0. The number of halogens is 1. The Morgan fingerprint density at radius 1 is 1.30 bits per heavy atom. The maximum absolute atomic E-state index is 12.0. The Morgan fingerprint density at radius 3 is 2.52 bits per heavy atom. The molecule has 0 radical (unpaired) electrons. The summed E-state index contributed by atoms with van der Waals surface area (Å²) in [7, 11) is 0. The van der Waals surface area contributed by atoms with E-state index in [4.69, 9.17) is 9.47 Å². The number of carbonyl (C=O) groups excluding carboxylic acids is 1. The van der Waals surface area contributed by atoms with Crippen LogP contribution in [-0.4, -0.2) is 36.3 Å². The van der Waals surface area contributed by atoms with Gasteiger partial charge in [-0.25, -0.2) is 4.79 Å². The predicted octanol–water partition coefficient (Wildman–Crippen LogP) is 4.78. The monoisotopic (exact) mass is 383 g/mol. The fraction of sp³-hybridized carbons (Fsp3) is 0.611. The highest BCUT2D eigenvalue weighted by atomic mass is 79.9. The van der Waals surface area contributed by atoms with Crippen LogP contribution in [0.2, 0.25) is 0 Å². The van der Waals surface area contributed by atoms with E-state index in [-0.39, 0.29) is 6.09 Å². The molecule has 128 valence electrons. The van der Waals surface area contributed by atoms with E-state index >= 15 is 0 Å². The molecule has 0 unspecified atom stereocenters. The van der Waals surface area contributed by atoms with E-state index in [1.54, 1.807) is 4.90 Å². The highest BCUT2D eigenvalue weighted by Gasteiger charge is 2.27. The molecule has 23 heavy (non-hydrogen) atoms. The lowest BCUT2D eigenvalue weighted by atomic mass is 9.98. The molecular weight excluding hydrogens is 358 g/mol. The van der Waals surface area contributed by atoms with Crippen LogP contribution in [0.5, 0.6) is 5.75 Å². The van der Waals surface area contributed by atoms with Crippen molar-refractivity contribution in [2.45, 2.75) is 46.1 Å². The summed E-state index contributed by atoms with van der Waals surface area (Å²) in [6.45, 7) is 9.91. The molecule has 2 rings (SSSR count). The summed E-state index contributed by atoms with van der Waals surface area (Å²) in [5, 5.41) is 0. The number of rotatable bonds is 3. The van der Waals surface area contributed by atoms with E-state index < -0.39 is 5.60 Å². The number of amides is 1. The molecular formula is C18H26BrNO3. The van der Waals surface area contributed by atoms with Crippen LogP contribution >= 0.6 is 15.9 Å². The molecule has 0 bridgehead atoms. The molecule has 0 spiro atoms. The molecule has 1 aliphatic rings. The minimum Gasteiger partial charge on any atom is -0.493 e. The average Bonchev–Trinajstić information content (AvgIpc) is 2.47. The van der Waals surface area contributed by atoms with Crippen molar-refractivity contribution >= 4 is 22.0 Å². The molecule has 1 aromatic rings. The topological polar surface area (TPSA) is 38.8 Å². The van der Waals surface area contributed by atoms with Gasteiger partial charge < -0.3 is 14.4 Å². The third-order valence-corrected chi connectivity index (χ3v) is 4.77. The van der Waals surface area contributed by atoms with E-state index in [0.717, 1.165) is 36.2 Å². The molecule has 0 saturated carbocycles. The third kappa shape index (κ3) is 5.72. The normalized spacial score (nSPS) is 16.3. The quantitative estimate of drug-likeness (QED) is 0.753. The van der Waals surface area contributed by atoms with Crippen molar-refractivity contribution in [2.75, 3.05) is 19.7 Å². The Hall–Kier alpha value is -1.23. The van der Waals surface area contributed by atoms with Gasteiger partial charge >= 0.3 is 6.09 Å². The minimum absolute atomic E-state index is 0.208. The third-order valence-electron chi connectivity index (χ3n) is 3.88. The summed E-state index contributed by atoms with van der Waals surface area (Å²) in [4.78, 5) is 13.8. The number of hydrogen-bond acceptors (Lipinski definition) is 3. The zero-order chi connectivity index (χ0) is 17.0. The lowest BCUT2D eigenvalue weighted by Gasteiger charge is -2.33. The number of nitrogens with zero attached hydrogens (tertiary/aromatic N) is 1. The molecule has 1 aromatic carbocycles. The van der Waals surface area contributed by atoms with Gasteiger partial charge in [-0.3, -0.25) is 0 Å². The van der Waals surface area contributed by atoms with Crippen molar-refractivity contribution in [2.24, 2.45) is 5.92 Å². The van der Waals surface area contributed by atoms with Gasteiger partial charge in [-0.2, -0.15) is 0 Å². The van der Waals surface area contributed by atoms with Crippen LogP contribution in [0.25, 0.3) is 0 Å². The van der Waals surface area contributed by atoms with Gasteiger partial charge in [0.25, 0.3) is 0 Å². The first-order valence-corrected chi connectivity index (χ1v) is 8.91. The lowest BCUT2D eigenvalue weighted by molar-refractivity contribution is 0.0165. The van der Waals surface area contributed by atoms with Crippen molar-refractivity contribution in [3.63, 3.8) is 0 Å². The van der Waals surface area contributed by atoms with Gasteiger partial charge in [-0.05, 0) is 70.2 Å². The van der Waals surface area contributed by atoms with Crippen LogP contribution in [0.3, 0.4) is 0 Å². The smallest absolute Gasteiger partial charge is 0.410 e. The van der Waals surface area contributed by atoms with Crippen molar-refractivity contribution < 1.29 is 14.3 Å². The second kappa shape index (κ2) is 7.56. The fourth-order valence-corrected chi connectivity index (χ4v) is 2.78. The molecule has 1 amide bonds. The van der Waals surface area contributed by atoms with Crippen LogP contribution in [-0.2, 0) is 4.74 Å². The van der Waals surface area contributed by atoms with E-state index in [9.17, 15) is 4.79 Å². The molecule has 1 aliphatic heterocycles. The number of likely N-dealkylation sites (tertiary alicyclic amines) is 1. The Morgan fingerprint density at radius 2 is 1.96 bits per heavy atom. The molecule has 0 atom stereocenters. The first kappa shape index (κ1) is 18.1. The average molecular weight is 384 g/mol. The van der Waals surface area contributed by atoms with Crippen LogP contribution in [0.4, 0.5) is 4.79 Å². The Bertz CT molecular complexity index is 546. The maximum Gasteiger partial charge on any atom is 0.410 e. The molecule has 1 fully saturated rings. The van der Waals surface area contributed by atoms with E-state index in [0.29, 0.717) is 12.5 Å². The first-order chi connectivity index (χ1) is 10.7. The minimum atomic E-state index is -0.434. The predicted molar refractivity (Wildman–Crippen MR) is 94.9 cm³/mol. The van der Waals surface area contributed by atoms with Crippen molar-refractivity contribution in [3.8, 4) is 5.75 Å². The molecule has 1 heterocycles. The Kier molecular flexibility index (Phi) is 5.95. The largest absolute Gasteiger partial charge is 0.493 e. The van der Waals surface area contributed by atoms with Crippen molar-refractivity contribution in [3.05, 3.63) is 28.2 Å². The van der Waals surface area contributed by atoms with Gasteiger partial charge in [0.05, 0.1) is 6.61 Å². The summed E-state index contributed by atoms with van der Waals surface area (Å²) in [6.07, 6.45) is 1.70. The van der Waals surface area contributed by atoms with Gasteiger partial charge in [-0.1, -0.05) is 15.9 Å². The summed E-state index contributed by atoms with van der Waals surface area (Å²) in [6, 6.07) is 6.03. The van der Waals surface area contributed by atoms with E-state index in [1.165, 1.54) is 5.56 Å². The van der Waals surface area contributed by atoms with Crippen LogP contribution in [0.1, 0.15) is 39.2 Å². The second-order valence-corrected chi connectivity index (χ2v) is 7.99. The number of piperidine rings is 1. The van der Waals surface area contributed by atoms with Crippen LogP contribution in [0.15, 0.2) is 22.7 Å². The second-order valence-electron chi connectivity index (χ2n) is 7.13. The molecule has 4 nitrogen and oxygen atoms in total.